The Labute approximate surface area is 117 Å². The van der Waals surface area contributed by atoms with Crippen LogP contribution in [-0.4, -0.2) is 0 Å². The maximum atomic E-state index is 13.7. The number of hydrogen-bond acceptors (Lipinski definition) is 1. The van der Waals surface area contributed by atoms with Crippen LogP contribution < -0.4 is 5.73 Å². The van der Waals surface area contributed by atoms with E-state index < -0.39 is 23.5 Å². The predicted octanol–water partition coefficient (Wildman–Crippen LogP) is 4.22. The third kappa shape index (κ3) is 2.82. The highest BCUT2D eigenvalue weighted by molar-refractivity contribution is 9.10. The molecule has 0 aromatic heterocycles. The molecule has 1 unspecified atom stereocenters. The van der Waals surface area contributed by atoms with Crippen molar-refractivity contribution in [3.05, 3.63) is 68.9 Å². The van der Waals surface area contributed by atoms with Crippen LogP contribution in [-0.2, 0) is 0 Å². The van der Waals surface area contributed by atoms with Gasteiger partial charge in [-0.15, -0.1) is 0 Å². The van der Waals surface area contributed by atoms with E-state index in [9.17, 15) is 13.2 Å². The van der Waals surface area contributed by atoms with Crippen molar-refractivity contribution in [2.45, 2.75) is 13.0 Å². The Kier molecular flexibility index (Phi) is 3.96. The molecule has 0 heterocycles. The van der Waals surface area contributed by atoms with Crippen molar-refractivity contribution in [3.63, 3.8) is 0 Å². The molecule has 0 aliphatic carbocycles. The Morgan fingerprint density at radius 3 is 2.21 bits per heavy atom. The Bertz CT molecular complexity index is 605. The van der Waals surface area contributed by atoms with Crippen molar-refractivity contribution < 1.29 is 13.2 Å². The number of aryl methyl sites for hydroxylation is 1. The highest BCUT2D eigenvalue weighted by Gasteiger charge is 2.21. The molecule has 19 heavy (non-hydrogen) atoms. The molecule has 0 fully saturated rings. The smallest absolute Gasteiger partial charge is 0.134 e. The lowest BCUT2D eigenvalue weighted by Crippen LogP contribution is -2.16. The molecule has 2 aromatic carbocycles. The van der Waals surface area contributed by atoms with Crippen molar-refractivity contribution in [1.82, 2.24) is 0 Å². The van der Waals surface area contributed by atoms with E-state index in [-0.39, 0.29) is 5.56 Å². The maximum Gasteiger partial charge on any atom is 0.134 e. The van der Waals surface area contributed by atoms with Gasteiger partial charge in [0.25, 0.3) is 0 Å². The fraction of sp³-hybridized carbons (Fsp3) is 0.143. The van der Waals surface area contributed by atoms with Crippen LogP contribution >= 0.6 is 15.9 Å². The van der Waals surface area contributed by atoms with Crippen LogP contribution in [0.2, 0.25) is 0 Å². The monoisotopic (exact) mass is 329 g/mol. The summed E-state index contributed by atoms with van der Waals surface area (Å²) in [7, 11) is 0. The van der Waals surface area contributed by atoms with E-state index in [0.717, 1.165) is 5.56 Å². The Balaban J connectivity index is 2.56. The summed E-state index contributed by atoms with van der Waals surface area (Å²) in [5, 5.41) is 0. The van der Waals surface area contributed by atoms with Crippen LogP contribution in [0.1, 0.15) is 22.7 Å². The molecule has 0 saturated heterocycles. The first-order chi connectivity index (χ1) is 8.90. The van der Waals surface area contributed by atoms with E-state index in [4.69, 9.17) is 5.73 Å². The molecule has 0 spiro atoms. The van der Waals surface area contributed by atoms with Crippen molar-refractivity contribution in [3.8, 4) is 0 Å². The van der Waals surface area contributed by atoms with Gasteiger partial charge in [-0.05, 0) is 18.6 Å². The van der Waals surface area contributed by atoms with Crippen LogP contribution in [0, 0.1) is 24.4 Å². The molecular weight excluding hydrogens is 319 g/mol. The molecule has 0 aliphatic rings. The minimum absolute atomic E-state index is 0.340. The lowest BCUT2D eigenvalue weighted by atomic mass is 9.97. The summed E-state index contributed by atoms with van der Waals surface area (Å²) >= 11 is 3.29. The zero-order valence-corrected chi connectivity index (χ0v) is 11.6. The topological polar surface area (TPSA) is 26.0 Å². The van der Waals surface area contributed by atoms with Gasteiger partial charge in [0.15, 0.2) is 0 Å². The van der Waals surface area contributed by atoms with Crippen molar-refractivity contribution in [2.24, 2.45) is 5.73 Å². The Morgan fingerprint density at radius 1 is 1.05 bits per heavy atom. The molecule has 5 heteroatoms. The SMILES string of the molecule is Cc1ccc(Br)c(C(N)c2c(F)cc(F)cc2F)c1. The van der Waals surface area contributed by atoms with E-state index in [2.05, 4.69) is 15.9 Å². The first-order valence-corrected chi connectivity index (χ1v) is 6.35. The molecule has 1 atom stereocenters. The van der Waals surface area contributed by atoms with Crippen LogP contribution in [0.3, 0.4) is 0 Å². The molecule has 0 aliphatic heterocycles. The fourth-order valence-corrected chi connectivity index (χ4v) is 2.40. The van der Waals surface area contributed by atoms with Gasteiger partial charge in [0, 0.05) is 22.2 Å². The van der Waals surface area contributed by atoms with Crippen molar-refractivity contribution >= 4 is 15.9 Å². The number of halogens is 4. The summed E-state index contributed by atoms with van der Waals surface area (Å²) in [5.74, 6) is -2.94. The Morgan fingerprint density at radius 2 is 1.63 bits per heavy atom. The van der Waals surface area contributed by atoms with E-state index >= 15 is 0 Å². The molecule has 2 N–H and O–H groups in total. The summed E-state index contributed by atoms with van der Waals surface area (Å²) in [6, 6.07) is 5.58. The first kappa shape index (κ1) is 14.1. The maximum absolute atomic E-state index is 13.7. The summed E-state index contributed by atoms with van der Waals surface area (Å²) in [5.41, 5.74) is 7.02. The number of nitrogens with two attached hydrogens (primary N) is 1. The highest BCUT2D eigenvalue weighted by atomic mass is 79.9. The van der Waals surface area contributed by atoms with Gasteiger partial charge in [-0.1, -0.05) is 33.6 Å². The largest absolute Gasteiger partial charge is 0.320 e. The van der Waals surface area contributed by atoms with E-state index in [1.807, 2.05) is 13.0 Å². The van der Waals surface area contributed by atoms with Crippen molar-refractivity contribution in [1.29, 1.82) is 0 Å². The van der Waals surface area contributed by atoms with Gasteiger partial charge in [-0.25, -0.2) is 13.2 Å². The lowest BCUT2D eigenvalue weighted by molar-refractivity contribution is 0.515. The van der Waals surface area contributed by atoms with Gasteiger partial charge < -0.3 is 5.73 Å². The second kappa shape index (κ2) is 5.35. The second-order valence-electron chi connectivity index (χ2n) is 4.29. The minimum atomic E-state index is -1.00. The molecule has 0 bridgehead atoms. The van der Waals surface area contributed by atoms with Crippen LogP contribution in [0.15, 0.2) is 34.8 Å². The zero-order chi connectivity index (χ0) is 14.2. The van der Waals surface area contributed by atoms with Gasteiger partial charge in [-0.2, -0.15) is 0 Å². The van der Waals surface area contributed by atoms with Gasteiger partial charge in [0.05, 0.1) is 6.04 Å². The number of benzene rings is 2. The predicted molar refractivity (Wildman–Crippen MR) is 71.2 cm³/mol. The summed E-state index contributed by atoms with van der Waals surface area (Å²) in [6.07, 6.45) is 0. The van der Waals surface area contributed by atoms with Crippen molar-refractivity contribution in [2.75, 3.05) is 0 Å². The molecule has 100 valence electrons. The molecule has 0 saturated carbocycles. The van der Waals surface area contributed by atoms with Gasteiger partial charge >= 0.3 is 0 Å². The normalized spacial score (nSPS) is 12.5. The average molecular weight is 330 g/mol. The molecule has 0 radical (unpaired) electrons. The van der Waals surface area contributed by atoms with Gasteiger partial charge in [0.2, 0.25) is 0 Å². The summed E-state index contributed by atoms with van der Waals surface area (Å²) in [4.78, 5) is 0. The molecule has 2 aromatic rings. The highest BCUT2D eigenvalue weighted by Crippen LogP contribution is 2.31. The van der Waals surface area contributed by atoms with E-state index in [0.29, 0.717) is 22.2 Å². The first-order valence-electron chi connectivity index (χ1n) is 5.56. The zero-order valence-electron chi connectivity index (χ0n) is 10.1. The third-order valence-corrected chi connectivity index (χ3v) is 3.56. The minimum Gasteiger partial charge on any atom is -0.320 e. The molecule has 1 nitrogen and oxygen atoms in total. The summed E-state index contributed by atoms with van der Waals surface area (Å²) < 4.78 is 40.9. The van der Waals surface area contributed by atoms with E-state index in [1.54, 1.807) is 12.1 Å². The number of hydrogen-bond donors (Lipinski definition) is 1. The number of rotatable bonds is 2. The molecule has 0 amide bonds. The van der Waals surface area contributed by atoms with Crippen LogP contribution in [0.5, 0.6) is 0 Å². The van der Waals surface area contributed by atoms with Crippen LogP contribution in [0.4, 0.5) is 13.2 Å². The second-order valence-corrected chi connectivity index (χ2v) is 5.14. The quantitative estimate of drug-likeness (QED) is 0.876. The Hall–Kier alpha value is -1.33. The average Bonchev–Trinajstić information content (AvgIpc) is 2.30. The third-order valence-electron chi connectivity index (χ3n) is 2.84. The summed E-state index contributed by atoms with van der Waals surface area (Å²) in [6.45, 7) is 1.85. The van der Waals surface area contributed by atoms with Gasteiger partial charge in [-0.3, -0.25) is 0 Å². The standard InChI is InChI=1S/C14H11BrF3N/c1-7-2-3-10(15)9(4-7)14(19)13-11(17)5-8(16)6-12(13)18/h2-6,14H,19H2,1H3. The van der Waals surface area contributed by atoms with Crippen LogP contribution in [0.25, 0.3) is 0 Å². The van der Waals surface area contributed by atoms with Gasteiger partial charge in [0.1, 0.15) is 17.5 Å². The molecular formula is C14H11BrF3N. The van der Waals surface area contributed by atoms with E-state index in [1.165, 1.54) is 0 Å². The molecule has 2 rings (SSSR count). The lowest BCUT2D eigenvalue weighted by Gasteiger charge is -2.16. The fourth-order valence-electron chi connectivity index (χ4n) is 1.91.